The first-order chi connectivity index (χ1) is 9.11. The van der Waals surface area contributed by atoms with Crippen LogP contribution in [0.25, 0.3) is 0 Å². The van der Waals surface area contributed by atoms with Crippen LogP contribution in [0.3, 0.4) is 0 Å². The topological polar surface area (TPSA) is 78.0 Å². The second-order valence-corrected chi connectivity index (χ2v) is 4.41. The summed E-state index contributed by atoms with van der Waals surface area (Å²) in [5.41, 5.74) is 1.18. The maximum Gasteiger partial charge on any atom is 0.252 e. The van der Waals surface area contributed by atoms with Crippen molar-refractivity contribution in [3.63, 3.8) is 0 Å². The van der Waals surface area contributed by atoms with Gasteiger partial charge in [-0.2, -0.15) is 0 Å². The van der Waals surface area contributed by atoms with Crippen molar-refractivity contribution in [1.82, 2.24) is 15.3 Å². The number of nitrogens with one attached hydrogen (secondary N) is 2. The predicted octanol–water partition coefficient (Wildman–Crippen LogP) is 2.30. The van der Waals surface area contributed by atoms with Crippen molar-refractivity contribution in [3.8, 4) is 5.75 Å². The van der Waals surface area contributed by atoms with Crippen LogP contribution < -0.4 is 5.32 Å². The number of rotatable bonds is 4. The van der Waals surface area contributed by atoms with E-state index in [9.17, 15) is 9.90 Å². The molecule has 1 aromatic carbocycles. The Kier molecular flexibility index (Phi) is 3.85. The van der Waals surface area contributed by atoms with Crippen molar-refractivity contribution in [1.29, 1.82) is 0 Å². The van der Waals surface area contributed by atoms with Gasteiger partial charge in [-0.15, -0.1) is 0 Å². The molecule has 0 bridgehead atoms. The highest BCUT2D eigenvalue weighted by atomic mass is 16.3. The molecule has 1 heterocycles. The number of aromatic nitrogens is 2. The van der Waals surface area contributed by atoms with Gasteiger partial charge < -0.3 is 15.4 Å². The van der Waals surface area contributed by atoms with E-state index in [-0.39, 0.29) is 17.7 Å². The summed E-state index contributed by atoms with van der Waals surface area (Å²) in [6.07, 6.45) is 4.11. The maximum atomic E-state index is 12.1. The number of phenolic OH excluding ortho intramolecular Hbond substituents is 1. The van der Waals surface area contributed by atoms with E-state index in [2.05, 4.69) is 15.3 Å². The Balaban J connectivity index is 2.13. The van der Waals surface area contributed by atoms with Crippen LogP contribution in [0, 0.1) is 6.92 Å². The fourth-order valence-corrected chi connectivity index (χ4v) is 1.82. The summed E-state index contributed by atoms with van der Waals surface area (Å²) in [4.78, 5) is 19.2. The highest BCUT2D eigenvalue weighted by molar-refractivity contribution is 5.94. The van der Waals surface area contributed by atoms with E-state index in [1.807, 2.05) is 6.92 Å². The van der Waals surface area contributed by atoms with Gasteiger partial charge in [0.1, 0.15) is 11.6 Å². The van der Waals surface area contributed by atoms with E-state index >= 15 is 0 Å². The molecule has 100 valence electrons. The number of benzene rings is 1. The first-order valence-corrected chi connectivity index (χ1v) is 6.21. The van der Waals surface area contributed by atoms with Gasteiger partial charge in [0.05, 0.1) is 6.04 Å². The van der Waals surface area contributed by atoms with Crippen molar-refractivity contribution in [3.05, 3.63) is 47.5 Å². The van der Waals surface area contributed by atoms with Crippen LogP contribution >= 0.6 is 0 Å². The number of aromatic hydroxyl groups is 1. The predicted molar refractivity (Wildman–Crippen MR) is 71.9 cm³/mol. The first-order valence-electron chi connectivity index (χ1n) is 6.21. The van der Waals surface area contributed by atoms with Crippen LogP contribution in [-0.4, -0.2) is 21.0 Å². The molecule has 0 radical (unpaired) electrons. The first kappa shape index (κ1) is 13.1. The van der Waals surface area contributed by atoms with Gasteiger partial charge in [-0.3, -0.25) is 4.79 Å². The molecule has 0 saturated heterocycles. The van der Waals surface area contributed by atoms with Crippen molar-refractivity contribution < 1.29 is 9.90 Å². The van der Waals surface area contributed by atoms with E-state index in [0.29, 0.717) is 5.56 Å². The fourth-order valence-electron chi connectivity index (χ4n) is 1.82. The number of hydrogen-bond donors (Lipinski definition) is 3. The zero-order chi connectivity index (χ0) is 13.8. The molecular weight excluding hydrogens is 242 g/mol. The fraction of sp³-hybridized carbons (Fsp3) is 0.286. The van der Waals surface area contributed by atoms with E-state index in [1.165, 1.54) is 6.07 Å². The van der Waals surface area contributed by atoms with Crippen molar-refractivity contribution in [2.45, 2.75) is 26.3 Å². The molecule has 0 spiro atoms. The number of carbonyl (C=O) groups is 1. The molecule has 1 unspecified atom stereocenters. The monoisotopic (exact) mass is 259 g/mol. The minimum absolute atomic E-state index is 0.124. The number of aromatic amines is 1. The second-order valence-electron chi connectivity index (χ2n) is 4.41. The zero-order valence-corrected chi connectivity index (χ0v) is 11.0. The molecule has 3 N–H and O–H groups in total. The van der Waals surface area contributed by atoms with Crippen molar-refractivity contribution >= 4 is 5.91 Å². The molecule has 1 aromatic heterocycles. The smallest absolute Gasteiger partial charge is 0.252 e. The summed E-state index contributed by atoms with van der Waals surface area (Å²) in [6.45, 7) is 3.76. The average Bonchev–Trinajstić information content (AvgIpc) is 2.92. The lowest BCUT2D eigenvalue weighted by atomic mass is 10.1. The summed E-state index contributed by atoms with van der Waals surface area (Å²) in [5, 5.41) is 12.5. The molecular formula is C14H17N3O2. The van der Waals surface area contributed by atoms with Gasteiger partial charge in [-0.25, -0.2) is 4.98 Å². The number of phenols is 1. The molecule has 0 aliphatic rings. The third kappa shape index (κ3) is 2.93. The molecule has 0 saturated carbocycles. The largest absolute Gasteiger partial charge is 0.508 e. The Morgan fingerprint density at radius 2 is 2.32 bits per heavy atom. The zero-order valence-electron chi connectivity index (χ0n) is 11.0. The lowest BCUT2D eigenvalue weighted by Gasteiger charge is -2.15. The Morgan fingerprint density at radius 1 is 1.53 bits per heavy atom. The van der Waals surface area contributed by atoms with Crippen LogP contribution in [0.5, 0.6) is 5.75 Å². The van der Waals surface area contributed by atoms with Gasteiger partial charge in [0.2, 0.25) is 0 Å². The Hall–Kier alpha value is -2.30. The average molecular weight is 259 g/mol. The molecule has 1 atom stereocenters. The molecule has 0 aliphatic carbocycles. The SMILES string of the molecule is CCC(NC(=O)c1ccc(C)c(O)c1)c1ncc[nH]1. The normalized spacial score (nSPS) is 12.1. The third-order valence-corrected chi connectivity index (χ3v) is 3.03. The Morgan fingerprint density at radius 3 is 2.89 bits per heavy atom. The van der Waals surface area contributed by atoms with Gasteiger partial charge in [0.15, 0.2) is 0 Å². The minimum Gasteiger partial charge on any atom is -0.508 e. The van der Waals surface area contributed by atoms with E-state index in [0.717, 1.165) is 17.8 Å². The highest BCUT2D eigenvalue weighted by Crippen LogP contribution is 2.18. The second kappa shape index (κ2) is 5.56. The number of amides is 1. The van der Waals surface area contributed by atoms with E-state index < -0.39 is 0 Å². The number of aryl methyl sites for hydroxylation is 1. The molecule has 2 aromatic rings. The lowest BCUT2D eigenvalue weighted by molar-refractivity contribution is 0.0933. The van der Waals surface area contributed by atoms with Gasteiger partial charge in [-0.05, 0) is 31.0 Å². The van der Waals surface area contributed by atoms with Crippen LogP contribution in [0.1, 0.15) is 41.1 Å². The highest BCUT2D eigenvalue weighted by Gasteiger charge is 2.16. The standard InChI is InChI=1S/C14H17N3O2/c1-3-11(13-15-6-7-16-13)17-14(19)10-5-4-9(2)12(18)8-10/h4-8,11,18H,3H2,1-2H3,(H,15,16)(H,17,19). The van der Waals surface area contributed by atoms with Crippen molar-refractivity contribution in [2.75, 3.05) is 0 Å². The van der Waals surface area contributed by atoms with Gasteiger partial charge in [0, 0.05) is 18.0 Å². The van der Waals surface area contributed by atoms with Crippen molar-refractivity contribution in [2.24, 2.45) is 0 Å². The van der Waals surface area contributed by atoms with Crippen LogP contribution in [0.15, 0.2) is 30.6 Å². The maximum absolute atomic E-state index is 12.1. The number of imidazole rings is 1. The van der Waals surface area contributed by atoms with Gasteiger partial charge >= 0.3 is 0 Å². The molecule has 2 rings (SSSR count). The summed E-state index contributed by atoms with van der Waals surface area (Å²) >= 11 is 0. The third-order valence-electron chi connectivity index (χ3n) is 3.03. The van der Waals surface area contributed by atoms with E-state index in [4.69, 9.17) is 0 Å². The summed E-state index contributed by atoms with van der Waals surface area (Å²) in [5.74, 6) is 0.629. The number of H-pyrrole nitrogens is 1. The van der Waals surface area contributed by atoms with Gasteiger partial charge in [0.25, 0.3) is 5.91 Å². The van der Waals surface area contributed by atoms with Crippen LogP contribution in [-0.2, 0) is 0 Å². The Bertz CT molecular complexity index is 564. The molecule has 5 heteroatoms. The Labute approximate surface area is 111 Å². The molecule has 0 aliphatic heterocycles. The summed E-state index contributed by atoms with van der Waals surface area (Å²) < 4.78 is 0. The summed E-state index contributed by atoms with van der Waals surface area (Å²) in [6, 6.07) is 4.72. The minimum atomic E-state index is -0.224. The van der Waals surface area contributed by atoms with Crippen LogP contribution in [0.2, 0.25) is 0 Å². The molecule has 19 heavy (non-hydrogen) atoms. The molecule has 0 fully saturated rings. The number of nitrogens with zero attached hydrogens (tertiary/aromatic N) is 1. The summed E-state index contributed by atoms with van der Waals surface area (Å²) in [7, 11) is 0. The lowest BCUT2D eigenvalue weighted by Crippen LogP contribution is -2.28. The van der Waals surface area contributed by atoms with E-state index in [1.54, 1.807) is 31.5 Å². The number of carbonyl (C=O) groups excluding carboxylic acids is 1. The number of hydrogen-bond acceptors (Lipinski definition) is 3. The van der Waals surface area contributed by atoms with Gasteiger partial charge in [-0.1, -0.05) is 13.0 Å². The molecule has 1 amide bonds. The molecule has 5 nitrogen and oxygen atoms in total. The van der Waals surface area contributed by atoms with Crippen LogP contribution in [0.4, 0.5) is 0 Å². The quantitative estimate of drug-likeness (QED) is 0.788.